The summed E-state index contributed by atoms with van der Waals surface area (Å²) in [4.78, 5) is 2.16. The normalized spacial score (nSPS) is 24.3. The van der Waals surface area contributed by atoms with Gasteiger partial charge in [-0.2, -0.15) is 0 Å². The highest BCUT2D eigenvalue weighted by Crippen LogP contribution is 2.27. The highest BCUT2D eigenvalue weighted by molar-refractivity contribution is 5.21. The van der Waals surface area contributed by atoms with Crippen molar-refractivity contribution in [1.29, 1.82) is 0 Å². The van der Waals surface area contributed by atoms with Crippen molar-refractivity contribution in [2.45, 2.75) is 32.3 Å². The molecule has 1 unspecified atom stereocenters. The molecule has 0 bridgehead atoms. The summed E-state index contributed by atoms with van der Waals surface area (Å²) < 4.78 is 26.5. The van der Waals surface area contributed by atoms with Crippen molar-refractivity contribution in [3.8, 4) is 0 Å². The molecule has 0 saturated carbocycles. The molecule has 1 heterocycles. The first-order chi connectivity index (χ1) is 8.88. The van der Waals surface area contributed by atoms with Crippen LogP contribution in [0.2, 0.25) is 0 Å². The summed E-state index contributed by atoms with van der Waals surface area (Å²) in [6.07, 6.45) is 0.857. The Morgan fingerprint density at radius 1 is 1.37 bits per heavy atom. The molecule has 1 aliphatic heterocycles. The Morgan fingerprint density at radius 3 is 2.74 bits per heavy atom. The molecular weight excluding hydrogens is 248 g/mol. The Kier molecular flexibility index (Phi) is 4.21. The molecule has 2 rings (SSSR count). The first-order valence-corrected chi connectivity index (χ1v) is 6.56. The van der Waals surface area contributed by atoms with Gasteiger partial charge in [-0.25, -0.2) is 8.78 Å². The third-order valence-electron chi connectivity index (χ3n) is 3.49. The molecule has 1 aromatic rings. The summed E-state index contributed by atoms with van der Waals surface area (Å²) >= 11 is 0. The highest BCUT2D eigenvalue weighted by atomic mass is 19.1. The first-order valence-electron chi connectivity index (χ1n) is 6.56. The number of rotatable bonds is 4. The molecule has 1 aliphatic rings. The number of aliphatic hydroxyl groups is 1. The molecule has 2 nitrogen and oxygen atoms in total. The van der Waals surface area contributed by atoms with Gasteiger partial charge in [0.2, 0.25) is 0 Å². The first kappa shape index (κ1) is 14.4. The van der Waals surface area contributed by atoms with Gasteiger partial charge in [0, 0.05) is 32.1 Å². The summed E-state index contributed by atoms with van der Waals surface area (Å²) in [5, 5.41) is 10.5. The zero-order valence-corrected chi connectivity index (χ0v) is 11.4. The lowest BCUT2D eigenvalue weighted by Gasteiger charge is -2.24. The maximum Gasteiger partial charge on any atom is 0.129 e. The molecule has 4 heteroatoms. The summed E-state index contributed by atoms with van der Waals surface area (Å²) in [7, 11) is 0. The van der Waals surface area contributed by atoms with E-state index in [9.17, 15) is 13.9 Å². The molecule has 0 aliphatic carbocycles. The van der Waals surface area contributed by atoms with E-state index >= 15 is 0 Å². The third-order valence-corrected chi connectivity index (χ3v) is 3.49. The molecular formula is C15H20F2NO. The SMILES string of the molecule is C[C](C)CN1CCC(O)(Cc2ccc(F)cc2F)C1. The van der Waals surface area contributed by atoms with Crippen molar-refractivity contribution in [2.24, 2.45) is 0 Å². The molecule has 105 valence electrons. The van der Waals surface area contributed by atoms with Crippen molar-refractivity contribution < 1.29 is 13.9 Å². The fraction of sp³-hybridized carbons (Fsp3) is 0.533. The predicted octanol–water partition coefficient (Wildman–Crippen LogP) is 2.56. The minimum atomic E-state index is -0.909. The van der Waals surface area contributed by atoms with Gasteiger partial charge in [-0.15, -0.1) is 0 Å². The van der Waals surface area contributed by atoms with Gasteiger partial charge in [-0.05, 0) is 24.0 Å². The molecule has 1 radical (unpaired) electrons. The topological polar surface area (TPSA) is 23.5 Å². The van der Waals surface area contributed by atoms with Crippen LogP contribution in [0.25, 0.3) is 0 Å². The average Bonchev–Trinajstić information content (AvgIpc) is 2.64. The van der Waals surface area contributed by atoms with E-state index in [0.29, 0.717) is 18.5 Å². The van der Waals surface area contributed by atoms with E-state index in [1.54, 1.807) is 0 Å². The highest BCUT2D eigenvalue weighted by Gasteiger charge is 2.36. The van der Waals surface area contributed by atoms with Crippen LogP contribution in [-0.4, -0.2) is 35.2 Å². The maximum absolute atomic E-state index is 13.6. The summed E-state index contributed by atoms with van der Waals surface area (Å²) in [5.74, 6) is 0.125. The van der Waals surface area contributed by atoms with E-state index in [2.05, 4.69) is 18.7 Å². The van der Waals surface area contributed by atoms with E-state index in [4.69, 9.17) is 0 Å². The van der Waals surface area contributed by atoms with Crippen LogP contribution in [0.5, 0.6) is 0 Å². The zero-order chi connectivity index (χ0) is 14.0. The zero-order valence-electron chi connectivity index (χ0n) is 11.4. The minimum Gasteiger partial charge on any atom is -0.388 e. The molecule has 19 heavy (non-hydrogen) atoms. The smallest absolute Gasteiger partial charge is 0.129 e. The number of hydrogen-bond donors (Lipinski definition) is 1. The van der Waals surface area contributed by atoms with Gasteiger partial charge in [0.25, 0.3) is 0 Å². The molecule has 0 aromatic heterocycles. The van der Waals surface area contributed by atoms with Crippen molar-refractivity contribution in [1.82, 2.24) is 4.90 Å². The van der Waals surface area contributed by atoms with Gasteiger partial charge in [0.15, 0.2) is 0 Å². The summed E-state index contributed by atoms with van der Waals surface area (Å²) in [6.45, 7) is 6.31. The lowest BCUT2D eigenvalue weighted by Crippen LogP contribution is -2.36. The Balaban J connectivity index is 2.02. The van der Waals surface area contributed by atoms with Crippen LogP contribution >= 0.6 is 0 Å². The number of hydrogen-bond acceptors (Lipinski definition) is 2. The Morgan fingerprint density at radius 2 is 2.11 bits per heavy atom. The standard InChI is InChI=1S/C15H20F2NO/c1-11(2)9-18-6-5-15(19,10-18)8-12-3-4-13(16)7-14(12)17/h3-4,7,19H,5-6,8-10H2,1-2H3. The quantitative estimate of drug-likeness (QED) is 0.907. The second-order valence-electron chi connectivity index (χ2n) is 5.80. The predicted molar refractivity (Wildman–Crippen MR) is 70.7 cm³/mol. The van der Waals surface area contributed by atoms with Crippen LogP contribution in [0, 0.1) is 17.6 Å². The van der Waals surface area contributed by atoms with Gasteiger partial charge in [-0.1, -0.05) is 19.9 Å². The van der Waals surface area contributed by atoms with Crippen LogP contribution in [0.4, 0.5) is 8.78 Å². The fourth-order valence-corrected chi connectivity index (χ4v) is 2.69. The third kappa shape index (κ3) is 3.74. The largest absolute Gasteiger partial charge is 0.388 e. The lowest BCUT2D eigenvalue weighted by atomic mass is 9.93. The Bertz CT molecular complexity index is 450. The molecule has 0 spiro atoms. The summed E-state index contributed by atoms with van der Waals surface area (Å²) in [5.41, 5.74) is -0.531. The van der Waals surface area contributed by atoms with Crippen molar-refractivity contribution in [3.63, 3.8) is 0 Å². The van der Waals surface area contributed by atoms with Gasteiger partial charge < -0.3 is 5.11 Å². The number of likely N-dealkylation sites (tertiary alicyclic amines) is 1. The number of β-amino-alcohol motifs (C(OH)–C–C–N with tert-alkyl or cyclic N) is 1. The van der Waals surface area contributed by atoms with Crippen LogP contribution < -0.4 is 0 Å². The fourth-order valence-electron chi connectivity index (χ4n) is 2.69. The lowest BCUT2D eigenvalue weighted by molar-refractivity contribution is 0.0493. The molecule has 1 N–H and O–H groups in total. The number of benzene rings is 1. The molecule has 0 amide bonds. The monoisotopic (exact) mass is 268 g/mol. The molecule has 1 atom stereocenters. The Hall–Kier alpha value is -1.00. The second-order valence-corrected chi connectivity index (χ2v) is 5.80. The van der Waals surface area contributed by atoms with E-state index in [0.717, 1.165) is 19.2 Å². The van der Waals surface area contributed by atoms with Crippen LogP contribution in [0.1, 0.15) is 25.8 Å². The van der Waals surface area contributed by atoms with Gasteiger partial charge in [0.05, 0.1) is 5.60 Å². The molecule has 1 fully saturated rings. The van der Waals surface area contributed by atoms with Crippen molar-refractivity contribution in [2.75, 3.05) is 19.6 Å². The van der Waals surface area contributed by atoms with E-state index in [1.165, 1.54) is 18.1 Å². The van der Waals surface area contributed by atoms with Gasteiger partial charge in [-0.3, -0.25) is 4.90 Å². The van der Waals surface area contributed by atoms with E-state index in [-0.39, 0.29) is 6.42 Å². The summed E-state index contributed by atoms with van der Waals surface area (Å²) in [6, 6.07) is 3.52. The van der Waals surface area contributed by atoms with Gasteiger partial charge in [0.1, 0.15) is 11.6 Å². The van der Waals surface area contributed by atoms with Crippen LogP contribution in [-0.2, 0) is 6.42 Å². The molecule has 1 aromatic carbocycles. The van der Waals surface area contributed by atoms with Crippen molar-refractivity contribution in [3.05, 3.63) is 41.3 Å². The number of nitrogens with zero attached hydrogens (tertiary/aromatic N) is 1. The average molecular weight is 268 g/mol. The van der Waals surface area contributed by atoms with E-state index < -0.39 is 17.2 Å². The molecule has 1 saturated heterocycles. The van der Waals surface area contributed by atoms with Crippen LogP contribution in [0.15, 0.2) is 18.2 Å². The van der Waals surface area contributed by atoms with Crippen LogP contribution in [0.3, 0.4) is 0 Å². The van der Waals surface area contributed by atoms with Gasteiger partial charge >= 0.3 is 0 Å². The number of halogens is 2. The maximum atomic E-state index is 13.6. The Labute approximate surface area is 113 Å². The minimum absolute atomic E-state index is 0.234. The van der Waals surface area contributed by atoms with E-state index in [1.807, 2.05) is 0 Å². The second kappa shape index (κ2) is 5.55. The van der Waals surface area contributed by atoms with Crippen molar-refractivity contribution >= 4 is 0 Å².